The predicted octanol–water partition coefficient (Wildman–Crippen LogP) is 1.29. The smallest absolute Gasteiger partial charge is 0.242 e. The lowest BCUT2D eigenvalue weighted by Gasteiger charge is -2.29. The van der Waals surface area contributed by atoms with Gasteiger partial charge in [0.05, 0.1) is 12.2 Å². The van der Waals surface area contributed by atoms with Crippen molar-refractivity contribution in [3.05, 3.63) is 52.3 Å². The lowest BCUT2D eigenvalue weighted by atomic mass is 10.00. The number of rotatable bonds is 4. The molecular formula is C20H28N6O. The van der Waals surface area contributed by atoms with Crippen LogP contribution >= 0.6 is 0 Å². The van der Waals surface area contributed by atoms with Crippen LogP contribution in [0.25, 0.3) is 0 Å². The van der Waals surface area contributed by atoms with Crippen LogP contribution in [-0.4, -0.2) is 46.7 Å². The van der Waals surface area contributed by atoms with Crippen LogP contribution in [0.5, 0.6) is 0 Å². The fourth-order valence-corrected chi connectivity index (χ4v) is 3.45. The predicted molar refractivity (Wildman–Crippen MR) is 106 cm³/mol. The molecule has 0 bridgehead atoms. The van der Waals surface area contributed by atoms with Crippen molar-refractivity contribution in [3.8, 4) is 0 Å². The zero-order valence-electron chi connectivity index (χ0n) is 16.5. The van der Waals surface area contributed by atoms with Crippen molar-refractivity contribution in [2.75, 3.05) is 20.1 Å². The summed E-state index contributed by atoms with van der Waals surface area (Å²) in [5, 5.41) is 10.8. The number of carbonyl (C=O) groups excluding carboxylic acids is 1. The number of aromatic nitrogens is 2. The van der Waals surface area contributed by atoms with Crippen molar-refractivity contribution in [2.45, 2.75) is 33.4 Å². The average molecular weight is 368 g/mol. The van der Waals surface area contributed by atoms with Crippen LogP contribution in [0.2, 0.25) is 0 Å². The van der Waals surface area contributed by atoms with E-state index in [4.69, 9.17) is 0 Å². The molecule has 0 unspecified atom stereocenters. The minimum atomic E-state index is 0.0844. The van der Waals surface area contributed by atoms with Gasteiger partial charge in [0.2, 0.25) is 5.91 Å². The Morgan fingerprint density at radius 2 is 1.96 bits per heavy atom. The highest BCUT2D eigenvalue weighted by Gasteiger charge is 2.20. The third-order valence-corrected chi connectivity index (χ3v) is 5.21. The molecule has 1 aliphatic rings. The SMILES string of the molecule is CN=C(NCC(=O)N1CCc2ccccc2C1)NCc1c(C)nn(C)c1C. The fraction of sp³-hybridized carbons (Fsp3) is 0.450. The molecule has 0 radical (unpaired) electrons. The van der Waals surface area contributed by atoms with Crippen LogP contribution < -0.4 is 10.6 Å². The van der Waals surface area contributed by atoms with E-state index in [9.17, 15) is 4.79 Å². The molecule has 2 heterocycles. The standard InChI is InChI=1S/C20H28N6O/c1-14-18(15(2)25(4)24-14)11-22-20(21-3)23-12-19(27)26-10-9-16-7-5-6-8-17(16)13-26/h5-8H,9-13H2,1-4H3,(H2,21,22,23). The molecule has 0 saturated heterocycles. The summed E-state index contributed by atoms with van der Waals surface area (Å²) >= 11 is 0. The molecule has 0 saturated carbocycles. The zero-order chi connectivity index (χ0) is 19.4. The molecule has 1 aliphatic heterocycles. The van der Waals surface area contributed by atoms with Crippen LogP contribution in [0.4, 0.5) is 0 Å². The van der Waals surface area contributed by atoms with Gasteiger partial charge in [-0.15, -0.1) is 0 Å². The summed E-state index contributed by atoms with van der Waals surface area (Å²) < 4.78 is 1.88. The number of carbonyl (C=O) groups is 1. The lowest BCUT2D eigenvalue weighted by Crippen LogP contribution is -2.45. The molecular weight excluding hydrogens is 340 g/mol. The van der Waals surface area contributed by atoms with E-state index in [-0.39, 0.29) is 12.5 Å². The van der Waals surface area contributed by atoms with Gasteiger partial charge in [-0.2, -0.15) is 5.10 Å². The van der Waals surface area contributed by atoms with Crippen molar-refractivity contribution in [1.82, 2.24) is 25.3 Å². The molecule has 0 spiro atoms. The largest absolute Gasteiger partial charge is 0.352 e. The molecule has 0 aliphatic carbocycles. The Morgan fingerprint density at radius 1 is 1.22 bits per heavy atom. The molecule has 3 rings (SSSR count). The van der Waals surface area contributed by atoms with E-state index < -0.39 is 0 Å². The zero-order valence-corrected chi connectivity index (χ0v) is 16.5. The highest BCUT2D eigenvalue weighted by molar-refractivity contribution is 5.86. The summed E-state index contributed by atoms with van der Waals surface area (Å²) in [6, 6.07) is 8.32. The first-order valence-corrected chi connectivity index (χ1v) is 9.27. The van der Waals surface area contributed by atoms with Gasteiger partial charge in [0.15, 0.2) is 5.96 Å². The normalized spacial score (nSPS) is 14.1. The van der Waals surface area contributed by atoms with E-state index in [0.717, 1.165) is 29.9 Å². The Bertz CT molecular complexity index is 854. The van der Waals surface area contributed by atoms with Crippen molar-refractivity contribution < 1.29 is 4.79 Å². The van der Waals surface area contributed by atoms with E-state index in [1.807, 2.05) is 36.5 Å². The van der Waals surface area contributed by atoms with Crippen LogP contribution in [0.3, 0.4) is 0 Å². The Balaban J connectivity index is 1.51. The first kappa shape index (κ1) is 18.9. The summed E-state index contributed by atoms with van der Waals surface area (Å²) in [7, 11) is 3.65. The topological polar surface area (TPSA) is 74.6 Å². The minimum absolute atomic E-state index is 0.0844. The molecule has 7 heteroatoms. The number of benzene rings is 1. The van der Waals surface area contributed by atoms with E-state index in [1.165, 1.54) is 11.1 Å². The van der Waals surface area contributed by atoms with E-state index in [0.29, 0.717) is 19.0 Å². The van der Waals surface area contributed by atoms with Gasteiger partial charge in [-0.1, -0.05) is 24.3 Å². The number of nitrogens with one attached hydrogen (secondary N) is 2. The third kappa shape index (κ3) is 4.30. The molecule has 0 atom stereocenters. The van der Waals surface area contributed by atoms with Gasteiger partial charge in [0.25, 0.3) is 0 Å². The van der Waals surface area contributed by atoms with E-state index >= 15 is 0 Å². The number of hydrogen-bond donors (Lipinski definition) is 2. The minimum Gasteiger partial charge on any atom is -0.352 e. The molecule has 144 valence electrons. The number of nitrogens with zero attached hydrogens (tertiary/aromatic N) is 4. The van der Waals surface area contributed by atoms with Gasteiger partial charge in [0, 0.05) is 45.0 Å². The monoisotopic (exact) mass is 368 g/mol. The van der Waals surface area contributed by atoms with Gasteiger partial charge in [-0.05, 0) is 31.4 Å². The maximum absolute atomic E-state index is 12.6. The van der Waals surface area contributed by atoms with Crippen molar-refractivity contribution >= 4 is 11.9 Å². The summed E-state index contributed by atoms with van der Waals surface area (Å²) in [6.07, 6.45) is 0.911. The molecule has 7 nitrogen and oxygen atoms in total. The van der Waals surface area contributed by atoms with E-state index in [2.05, 4.69) is 38.9 Å². The number of aryl methyl sites for hydroxylation is 2. The van der Waals surface area contributed by atoms with Gasteiger partial charge < -0.3 is 15.5 Å². The molecule has 2 aromatic rings. The molecule has 27 heavy (non-hydrogen) atoms. The third-order valence-electron chi connectivity index (χ3n) is 5.21. The van der Waals surface area contributed by atoms with Crippen molar-refractivity contribution in [2.24, 2.45) is 12.0 Å². The first-order valence-electron chi connectivity index (χ1n) is 9.27. The van der Waals surface area contributed by atoms with Crippen molar-refractivity contribution in [3.63, 3.8) is 0 Å². The second kappa shape index (κ2) is 8.24. The maximum atomic E-state index is 12.6. The highest BCUT2D eigenvalue weighted by atomic mass is 16.2. The van der Waals surface area contributed by atoms with Crippen molar-refractivity contribution in [1.29, 1.82) is 0 Å². The molecule has 1 aromatic carbocycles. The number of aliphatic imine (C=N–C) groups is 1. The second-order valence-electron chi connectivity index (χ2n) is 6.89. The number of hydrogen-bond acceptors (Lipinski definition) is 3. The Morgan fingerprint density at radius 3 is 2.63 bits per heavy atom. The van der Waals surface area contributed by atoms with Crippen LogP contribution in [-0.2, 0) is 31.4 Å². The first-order chi connectivity index (χ1) is 13.0. The van der Waals surface area contributed by atoms with Crippen LogP contribution in [0, 0.1) is 13.8 Å². The van der Waals surface area contributed by atoms with Crippen LogP contribution in [0.15, 0.2) is 29.3 Å². The maximum Gasteiger partial charge on any atom is 0.242 e. The summed E-state index contributed by atoms with van der Waals surface area (Å²) in [4.78, 5) is 18.7. The Hall–Kier alpha value is -2.83. The number of amides is 1. The lowest BCUT2D eigenvalue weighted by molar-refractivity contribution is -0.130. The van der Waals surface area contributed by atoms with Gasteiger partial charge >= 0.3 is 0 Å². The number of fused-ring (bicyclic) bond motifs is 1. The van der Waals surface area contributed by atoms with Gasteiger partial charge in [-0.3, -0.25) is 14.5 Å². The highest BCUT2D eigenvalue weighted by Crippen LogP contribution is 2.18. The Labute approximate surface area is 160 Å². The molecule has 0 fully saturated rings. The summed E-state index contributed by atoms with van der Waals surface area (Å²) in [5.41, 5.74) is 5.86. The van der Waals surface area contributed by atoms with Gasteiger partial charge in [0.1, 0.15) is 0 Å². The fourth-order valence-electron chi connectivity index (χ4n) is 3.45. The van der Waals surface area contributed by atoms with Gasteiger partial charge in [-0.25, -0.2) is 0 Å². The second-order valence-corrected chi connectivity index (χ2v) is 6.89. The average Bonchev–Trinajstić information content (AvgIpc) is 2.93. The summed E-state index contributed by atoms with van der Waals surface area (Å²) in [6.45, 7) is 6.33. The van der Waals surface area contributed by atoms with Crippen LogP contribution in [0.1, 0.15) is 28.1 Å². The number of guanidine groups is 1. The summed E-state index contributed by atoms with van der Waals surface area (Å²) in [5.74, 6) is 0.699. The Kier molecular flexibility index (Phi) is 5.78. The molecule has 2 N–H and O–H groups in total. The molecule has 1 aromatic heterocycles. The molecule has 1 amide bonds. The van der Waals surface area contributed by atoms with E-state index in [1.54, 1.807) is 7.05 Å². The quantitative estimate of drug-likeness (QED) is 0.630.